The van der Waals surface area contributed by atoms with E-state index in [0.29, 0.717) is 4.47 Å². The van der Waals surface area contributed by atoms with Crippen molar-refractivity contribution in [2.75, 3.05) is 6.61 Å². The van der Waals surface area contributed by atoms with Crippen LogP contribution in [0.25, 0.3) is 0 Å². The molecule has 0 saturated heterocycles. The Balaban J connectivity index is 3.08. The molecule has 1 aromatic carbocycles. The van der Waals surface area contributed by atoms with Crippen molar-refractivity contribution in [1.29, 1.82) is 0 Å². The van der Waals surface area contributed by atoms with E-state index in [4.69, 9.17) is 38.6 Å². The zero-order valence-electron chi connectivity index (χ0n) is 8.16. The zero-order valence-corrected chi connectivity index (χ0v) is 12.8. The summed E-state index contributed by atoms with van der Waals surface area (Å²) in [6.07, 6.45) is 0. The Bertz CT molecular complexity index is 542. The molecule has 17 heavy (non-hydrogen) atoms. The van der Waals surface area contributed by atoms with Gasteiger partial charge in [-0.2, -0.15) is 0 Å². The maximum atomic E-state index is 11.3. The van der Waals surface area contributed by atoms with Crippen molar-refractivity contribution >= 4 is 58.9 Å². The van der Waals surface area contributed by atoms with Crippen LogP contribution in [0.4, 0.5) is 0 Å². The third kappa shape index (κ3) is 4.67. The second kappa shape index (κ2) is 6.29. The minimum Gasteiger partial charge on any atom is -0.487 e. The van der Waals surface area contributed by atoms with E-state index in [2.05, 4.69) is 15.9 Å². The van der Waals surface area contributed by atoms with Gasteiger partial charge in [0.25, 0.3) is 9.05 Å². The molecule has 0 saturated carbocycles. The molecule has 0 aliphatic heterocycles. The summed E-state index contributed by atoms with van der Waals surface area (Å²) >= 11 is 14.1. The fourth-order valence-electron chi connectivity index (χ4n) is 0.970. The van der Waals surface area contributed by atoms with Gasteiger partial charge in [-0.1, -0.05) is 39.1 Å². The first-order valence-electron chi connectivity index (χ1n) is 4.16. The van der Waals surface area contributed by atoms with Crippen LogP contribution in [-0.4, -0.2) is 15.0 Å². The van der Waals surface area contributed by atoms with E-state index in [1.165, 1.54) is 12.1 Å². The normalized spacial score (nSPS) is 12.6. The smallest absolute Gasteiger partial charge is 0.265 e. The van der Waals surface area contributed by atoms with Crippen molar-refractivity contribution in [3.05, 3.63) is 33.2 Å². The van der Waals surface area contributed by atoms with E-state index in [9.17, 15) is 8.42 Å². The maximum Gasteiger partial charge on any atom is 0.265 e. The van der Waals surface area contributed by atoms with Gasteiger partial charge in [-0.15, -0.1) is 0 Å². The molecule has 0 atom stereocenters. The largest absolute Gasteiger partial charge is 0.487 e. The van der Waals surface area contributed by atoms with Crippen molar-refractivity contribution in [3.63, 3.8) is 0 Å². The Morgan fingerprint density at radius 2 is 2.12 bits per heavy atom. The van der Waals surface area contributed by atoms with E-state index in [1.54, 1.807) is 6.07 Å². The van der Waals surface area contributed by atoms with Gasteiger partial charge in [0.05, 0.1) is 5.03 Å². The fourth-order valence-corrected chi connectivity index (χ4v) is 2.60. The molecule has 0 aliphatic rings. The van der Waals surface area contributed by atoms with Crippen molar-refractivity contribution in [2.24, 2.45) is 0 Å². The van der Waals surface area contributed by atoms with Gasteiger partial charge >= 0.3 is 0 Å². The van der Waals surface area contributed by atoms with Crippen LogP contribution in [0.15, 0.2) is 38.1 Å². The highest BCUT2D eigenvalue weighted by Crippen LogP contribution is 2.30. The maximum absolute atomic E-state index is 11.3. The molecule has 94 valence electrons. The van der Waals surface area contributed by atoms with Crippen LogP contribution >= 0.6 is 49.8 Å². The molecule has 0 aliphatic carbocycles. The Kier molecular flexibility index (Phi) is 5.60. The lowest BCUT2D eigenvalue weighted by atomic mass is 10.3. The van der Waals surface area contributed by atoms with Crippen molar-refractivity contribution in [3.8, 4) is 5.75 Å². The third-order valence-corrected chi connectivity index (χ3v) is 4.08. The molecule has 0 unspecified atom stereocenters. The molecular weight excluding hydrogens is 374 g/mol. The van der Waals surface area contributed by atoms with Gasteiger partial charge in [0, 0.05) is 20.7 Å². The molecule has 0 radical (unpaired) electrons. The number of halogens is 4. The van der Waals surface area contributed by atoms with Gasteiger partial charge in [-0.25, -0.2) is 8.42 Å². The second-order valence-electron chi connectivity index (χ2n) is 2.87. The fraction of sp³-hybridized carbons (Fsp3) is 0.111. The highest BCUT2D eigenvalue weighted by molar-refractivity contribution is 9.10. The molecule has 3 nitrogen and oxygen atoms in total. The monoisotopic (exact) mass is 378 g/mol. The molecule has 0 aromatic heterocycles. The van der Waals surface area contributed by atoms with Crippen LogP contribution in [0.3, 0.4) is 0 Å². The SMILES string of the molecule is O=S(=O)(Cl)c1cc(Br)ccc1OC/C(Cl)=C\Cl. The van der Waals surface area contributed by atoms with Crippen LogP contribution in [0.2, 0.25) is 0 Å². The minimum atomic E-state index is -3.89. The summed E-state index contributed by atoms with van der Waals surface area (Å²) < 4.78 is 28.4. The quantitative estimate of drug-likeness (QED) is 0.740. The van der Waals surface area contributed by atoms with Crippen LogP contribution < -0.4 is 4.74 Å². The molecule has 0 heterocycles. The average Bonchev–Trinajstić information content (AvgIpc) is 2.25. The lowest BCUT2D eigenvalue weighted by Gasteiger charge is -2.09. The van der Waals surface area contributed by atoms with Gasteiger partial charge < -0.3 is 4.74 Å². The molecule has 1 aromatic rings. The summed E-state index contributed by atoms with van der Waals surface area (Å²) in [5.41, 5.74) is 1.13. The van der Waals surface area contributed by atoms with Crippen molar-refractivity contribution in [1.82, 2.24) is 0 Å². The minimum absolute atomic E-state index is 0.0356. The summed E-state index contributed by atoms with van der Waals surface area (Å²) in [5, 5.41) is 0.243. The standard InChI is InChI=1S/C9H6BrCl3O3S/c10-6-1-2-8(16-5-7(12)4-11)9(3-6)17(13,14)15/h1-4H,5H2/b7-4+. The van der Waals surface area contributed by atoms with Gasteiger partial charge in [0.1, 0.15) is 17.3 Å². The molecule has 0 spiro atoms. The van der Waals surface area contributed by atoms with Crippen LogP contribution in [0.5, 0.6) is 5.75 Å². The highest BCUT2D eigenvalue weighted by atomic mass is 79.9. The van der Waals surface area contributed by atoms with Crippen LogP contribution in [0.1, 0.15) is 0 Å². The Morgan fingerprint density at radius 3 is 2.65 bits per heavy atom. The number of rotatable bonds is 4. The average molecular weight is 380 g/mol. The molecule has 0 bridgehead atoms. The Labute approximate surface area is 122 Å². The predicted molar refractivity (Wildman–Crippen MR) is 72.5 cm³/mol. The lowest BCUT2D eigenvalue weighted by Crippen LogP contribution is -2.02. The molecule has 0 fully saturated rings. The molecule has 0 amide bonds. The number of ether oxygens (including phenoxy) is 1. The predicted octanol–water partition coefficient (Wildman–Crippen LogP) is 4.07. The molecule has 0 N–H and O–H groups in total. The van der Waals surface area contributed by atoms with Crippen molar-refractivity contribution in [2.45, 2.75) is 4.90 Å². The third-order valence-electron chi connectivity index (χ3n) is 1.65. The lowest BCUT2D eigenvalue weighted by molar-refractivity contribution is 0.350. The van der Waals surface area contributed by atoms with Gasteiger partial charge in [-0.05, 0) is 18.2 Å². The van der Waals surface area contributed by atoms with Crippen LogP contribution in [-0.2, 0) is 9.05 Å². The Hall–Kier alpha value is 0.0600. The van der Waals surface area contributed by atoms with E-state index in [1.807, 2.05) is 0 Å². The first-order chi connectivity index (χ1) is 7.84. The molecule has 1 rings (SSSR count). The summed E-state index contributed by atoms with van der Waals surface area (Å²) in [6, 6.07) is 4.44. The van der Waals surface area contributed by atoms with E-state index < -0.39 is 9.05 Å². The second-order valence-corrected chi connectivity index (χ2v) is 7.03. The van der Waals surface area contributed by atoms with Crippen LogP contribution in [0, 0.1) is 0 Å². The zero-order chi connectivity index (χ0) is 13.1. The Morgan fingerprint density at radius 1 is 1.47 bits per heavy atom. The van der Waals surface area contributed by atoms with E-state index in [0.717, 1.165) is 5.54 Å². The highest BCUT2D eigenvalue weighted by Gasteiger charge is 2.17. The molecular formula is C9H6BrCl3O3S. The topological polar surface area (TPSA) is 43.4 Å². The van der Waals surface area contributed by atoms with Gasteiger partial charge in [-0.3, -0.25) is 0 Å². The first kappa shape index (κ1) is 15.1. The summed E-state index contributed by atoms with van der Waals surface area (Å²) in [7, 11) is 1.39. The van der Waals surface area contributed by atoms with E-state index in [-0.39, 0.29) is 22.3 Å². The number of benzene rings is 1. The van der Waals surface area contributed by atoms with E-state index >= 15 is 0 Å². The van der Waals surface area contributed by atoms with Gasteiger partial charge in [0.2, 0.25) is 0 Å². The number of hydrogen-bond donors (Lipinski definition) is 0. The van der Waals surface area contributed by atoms with Gasteiger partial charge in [0.15, 0.2) is 0 Å². The summed E-state index contributed by atoms with van der Waals surface area (Å²) in [6.45, 7) is -0.0356. The molecule has 8 heteroatoms. The first-order valence-corrected chi connectivity index (χ1v) is 8.08. The van der Waals surface area contributed by atoms with Crippen molar-refractivity contribution < 1.29 is 13.2 Å². The number of hydrogen-bond acceptors (Lipinski definition) is 3. The summed E-state index contributed by atoms with van der Waals surface area (Å²) in [4.78, 5) is -0.132. The summed E-state index contributed by atoms with van der Waals surface area (Å²) in [5.74, 6) is 0.111.